The van der Waals surface area contributed by atoms with Gasteiger partial charge in [-0.25, -0.2) is 14.4 Å². The Morgan fingerprint density at radius 3 is 2.71 bits per heavy atom. The molecule has 4 rings (SSSR count). The van der Waals surface area contributed by atoms with Crippen LogP contribution in [-0.2, 0) is 29.6 Å². The number of nitrogens with zero attached hydrogens (tertiary/aromatic N) is 4. The van der Waals surface area contributed by atoms with E-state index in [1.165, 1.54) is 18.3 Å². The Bertz CT molecular complexity index is 1510. The highest BCUT2D eigenvalue weighted by Gasteiger charge is 2.21. The number of halogens is 1. The van der Waals surface area contributed by atoms with E-state index in [1.807, 2.05) is 26.8 Å². The minimum Gasteiger partial charge on any atom is -0.455 e. The molecule has 0 radical (unpaired) electrons. The average molecular weight is 474 g/mol. The summed E-state index contributed by atoms with van der Waals surface area (Å²) in [6, 6.07) is 7.74. The molecule has 178 valence electrons. The van der Waals surface area contributed by atoms with E-state index in [2.05, 4.69) is 26.0 Å². The molecule has 1 aromatic carbocycles. The second-order valence-electron chi connectivity index (χ2n) is 9.13. The molecule has 0 aliphatic heterocycles. The Morgan fingerprint density at radius 2 is 2.00 bits per heavy atom. The van der Waals surface area contributed by atoms with Crippen LogP contribution in [-0.4, -0.2) is 30.5 Å². The van der Waals surface area contributed by atoms with Crippen LogP contribution in [0.4, 0.5) is 4.39 Å². The van der Waals surface area contributed by atoms with Gasteiger partial charge in [0.25, 0.3) is 5.56 Å². The molecule has 8 nitrogen and oxygen atoms in total. The fourth-order valence-electron chi connectivity index (χ4n) is 3.53. The van der Waals surface area contributed by atoms with Crippen LogP contribution in [0.3, 0.4) is 0 Å². The summed E-state index contributed by atoms with van der Waals surface area (Å²) in [7, 11) is 0. The number of rotatable bonds is 7. The molecule has 0 atom stereocenters. The van der Waals surface area contributed by atoms with Crippen molar-refractivity contribution in [1.29, 1.82) is 0 Å². The maximum absolute atomic E-state index is 14.8. The van der Waals surface area contributed by atoms with Crippen LogP contribution in [0.15, 0.2) is 47.5 Å². The van der Waals surface area contributed by atoms with Crippen molar-refractivity contribution in [3.05, 3.63) is 75.8 Å². The summed E-state index contributed by atoms with van der Waals surface area (Å²) >= 11 is 0. The lowest BCUT2D eigenvalue weighted by Crippen LogP contribution is -2.13. The van der Waals surface area contributed by atoms with Crippen LogP contribution < -0.4 is 10.3 Å². The number of aromatic nitrogens is 5. The number of ketones is 1. The maximum atomic E-state index is 14.8. The van der Waals surface area contributed by atoms with Gasteiger partial charge >= 0.3 is 0 Å². The summed E-state index contributed by atoms with van der Waals surface area (Å²) < 4.78 is 22.2. The fraction of sp³-hybridized carbons (Fsp3) is 0.269. The van der Waals surface area contributed by atoms with Crippen LogP contribution in [0, 0.1) is 18.2 Å². The number of ether oxygens (including phenoxy) is 1. The topological polar surface area (TPSA) is 103 Å². The molecule has 4 aromatic rings. The number of carbonyl (C=O) groups excluding carboxylic acids is 1. The molecule has 3 aromatic heterocycles. The third-order valence-electron chi connectivity index (χ3n) is 5.33. The molecule has 0 unspecified atom stereocenters. The summed E-state index contributed by atoms with van der Waals surface area (Å²) in [5.74, 6) is 2.36. The number of H-pyrrole nitrogens is 1. The monoisotopic (exact) mass is 473 g/mol. The largest absolute Gasteiger partial charge is 0.455 e. The number of benzene rings is 1. The molecule has 0 saturated heterocycles. The first kappa shape index (κ1) is 23.8. The second-order valence-corrected chi connectivity index (χ2v) is 9.13. The number of aromatic amines is 1. The highest BCUT2D eigenvalue weighted by atomic mass is 19.1. The Balaban J connectivity index is 1.49. The van der Waals surface area contributed by atoms with E-state index >= 15 is 0 Å². The van der Waals surface area contributed by atoms with Crippen molar-refractivity contribution >= 4 is 16.9 Å². The zero-order valence-corrected chi connectivity index (χ0v) is 19.6. The van der Waals surface area contributed by atoms with Gasteiger partial charge in [0.2, 0.25) is 0 Å². The minimum atomic E-state index is -0.567. The third-order valence-corrected chi connectivity index (χ3v) is 5.33. The van der Waals surface area contributed by atoms with Gasteiger partial charge < -0.3 is 9.72 Å². The van der Waals surface area contributed by atoms with E-state index in [4.69, 9.17) is 11.2 Å². The summed E-state index contributed by atoms with van der Waals surface area (Å²) in [4.78, 5) is 34.9. The van der Waals surface area contributed by atoms with Crippen molar-refractivity contribution < 1.29 is 13.9 Å². The lowest BCUT2D eigenvalue weighted by atomic mass is 9.92. The van der Waals surface area contributed by atoms with E-state index in [1.54, 1.807) is 16.8 Å². The van der Waals surface area contributed by atoms with Crippen molar-refractivity contribution in [2.45, 2.75) is 45.6 Å². The normalized spacial score (nSPS) is 11.4. The van der Waals surface area contributed by atoms with Crippen molar-refractivity contribution in [3.8, 4) is 23.8 Å². The van der Waals surface area contributed by atoms with Crippen LogP contribution in [0.1, 0.15) is 37.7 Å². The van der Waals surface area contributed by atoms with Crippen molar-refractivity contribution in [1.82, 2.24) is 24.7 Å². The Labute approximate surface area is 201 Å². The number of Topliss-reactive ketones (excluding diaryl/α,β-unsaturated/α-hetero) is 1. The molecule has 0 fully saturated rings. The molecule has 1 N–H and O–H groups in total. The van der Waals surface area contributed by atoms with Crippen LogP contribution >= 0.6 is 0 Å². The van der Waals surface area contributed by atoms with E-state index in [9.17, 15) is 14.0 Å². The quantitative estimate of drug-likeness (QED) is 0.410. The molecule has 0 saturated carbocycles. The number of carbonyl (C=O) groups is 1. The summed E-state index contributed by atoms with van der Waals surface area (Å²) in [5, 5.41) is 4.53. The number of hydrogen-bond acceptors (Lipinski definition) is 6. The Kier molecular flexibility index (Phi) is 6.47. The molecule has 0 spiro atoms. The number of fused-ring (bicyclic) bond motifs is 1. The maximum Gasteiger partial charge on any atom is 0.268 e. The lowest BCUT2D eigenvalue weighted by molar-refractivity contribution is -0.117. The van der Waals surface area contributed by atoms with Crippen LogP contribution in [0.25, 0.3) is 11.2 Å². The molecule has 35 heavy (non-hydrogen) atoms. The number of nitrogens with one attached hydrogen (secondary N) is 1. The lowest BCUT2D eigenvalue weighted by Gasteiger charge is -2.13. The van der Waals surface area contributed by atoms with E-state index in [-0.39, 0.29) is 53.1 Å². The molecule has 0 bridgehead atoms. The minimum absolute atomic E-state index is 0.0841. The first-order valence-corrected chi connectivity index (χ1v) is 11.0. The van der Waals surface area contributed by atoms with Gasteiger partial charge in [0.05, 0.1) is 11.9 Å². The van der Waals surface area contributed by atoms with Crippen LogP contribution in [0.5, 0.6) is 11.5 Å². The number of pyridine rings is 1. The van der Waals surface area contributed by atoms with Crippen LogP contribution in [0.2, 0.25) is 0 Å². The van der Waals surface area contributed by atoms with Gasteiger partial charge in [-0.15, -0.1) is 6.42 Å². The molecular formula is C26H24FN5O3. The Morgan fingerprint density at radius 1 is 1.20 bits per heavy atom. The van der Waals surface area contributed by atoms with Gasteiger partial charge in [0.1, 0.15) is 29.4 Å². The Hall–Kier alpha value is -4.32. The smallest absolute Gasteiger partial charge is 0.268 e. The zero-order valence-electron chi connectivity index (χ0n) is 19.6. The van der Waals surface area contributed by atoms with E-state index in [0.717, 1.165) is 11.9 Å². The first-order valence-electron chi connectivity index (χ1n) is 11.0. The molecule has 0 amide bonds. The standard InChI is InChI=1S/C26H24FN5O3/c1-5-10-32-17(13-22(31-32)26(2,3)4)12-18(33)11-16-6-7-19(14-20(16)27)35-21-8-9-28-25-24(21)29-15-23(34)30-25/h1,6-9,13-15H,10-12H2,2-4H3,(H,28,30,34). The SMILES string of the molecule is C#CCn1nc(C(C)(C)C)cc1CC(=O)Cc1ccc(Oc2ccnc3[nH]c(=O)cnc23)cc1F. The summed E-state index contributed by atoms with van der Waals surface area (Å²) in [6.07, 6.45) is 8.03. The fourth-order valence-corrected chi connectivity index (χ4v) is 3.53. The molecule has 0 aliphatic rings. The molecule has 0 aliphatic carbocycles. The average Bonchev–Trinajstić information content (AvgIpc) is 3.18. The predicted molar refractivity (Wildman–Crippen MR) is 129 cm³/mol. The first-order chi connectivity index (χ1) is 16.6. The van der Waals surface area contributed by atoms with Crippen molar-refractivity contribution in [2.75, 3.05) is 0 Å². The highest BCUT2D eigenvalue weighted by molar-refractivity contribution is 5.83. The van der Waals surface area contributed by atoms with Gasteiger partial charge in [0, 0.05) is 42.3 Å². The van der Waals surface area contributed by atoms with Gasteiger partial charge in [0.15, 0.2) is 11.4 Å². The highest BCUT2D eigenvalue weighted by Crippen LogP contribution is 2.28. The van der Waals surface area contributed by atoms with Gasteiger partial charge in [-0.1, -0.05) is 32.8 Å². The summed E-state index contributed by atoms with van der Waals surface area (Å²) in [6.45, 7) is 6.35. The van der Waals surface area contributed by atoms with E-state index < -0.39 is 5.82 Å². The van der Waals surface area contributed by atoms with E-state index in [0.29, 0.717) is 17.0 Å². The molecule has 3 heterocycles. The van der Waals surface area contributed by atoms with Gasteiger partial charge in [-0.05, 0) is 17.7 Å². The second kappa shape index (κ2) is 9.50. The molecule has 9 heteroatoms. The van der Waals surface area contributed by atoms with Crippen molar-refractivity contribution in [2.24, 2.45) is 0 Å². The van der Waals surface area contributed by atoms with Gasteiger partial charge in [-0.3, -0.25) is 14.3 Å². The number of hydrogen-bond donors (Lipinski definition) is 1. The molecular weight excluding hydrogens is 449 g/mol. The zero-order chi connectivity index (χ0) is 25.2. The summed E-state index contributed by atoms with van der Waals surface area (Å²) in [5.41, 5.74) is 1.81. The third kappa shape index (κ3) is 5.44. The van der Waals surface area contributed by atoms with Gasteiger partial charge in [-0.2, -0.15) is 5.10 Å². The number of terminal acetylenes is 1. The van der Waals surface area contributed by atoms with Crippen molar-refractivity contribution in [3.63, 3.8) is 0 Å². The predicted octanol–water partition coefficient (Wildman–Crippen LogP) is 3.73.